The van der Waals surface area contributed by atoms with E-state index in [1.54, 1.807) is 12.2 Å². The van der Waals surface area contributed by atoms with Crippen LogP contribution in [-0.4, -0.2) is 13.2 Å². The molecule has 0 unspecified atom stereocenters. The van der Waals surface area contributed by atoms with Crippen LogP contribution in [0.1, 0.15) is 13.8 Å². The van der Waals surface area contributed by atoms with E-state index in [0.717, 1.165) is 0 Å². The Morgan fingerprint density at radius 2 is 1.57 bits per heavy atom. The van der Waals surface area contributed by atoms with Crippen LogP contribution < -0.4 is 0 Å². The summed E-state index contributed by atoms with van der Waals surface area (Å²) in [5.41, 5.74) is 0. The molecular weight excluding hydrogens is 199 g/mol. The topological polar surface area (TPSA) is 35.5 Å². The molecule has 0 bridgehead atoms. The first-order valence-electron chi connectivity index (χ1n) is 4.43. The van der Waals surface area contributed by atoms with Gasteiger partial charge in [-0.3, -0.25) is 4.57 Å². The molecule has 0 aromatic rings. The Morgan fingerprint density at radius 1 is 1.14 bits per heavy atom. The molecule has 0 saturated heterocycles. The van der Waals surface area contributed by atoms with Gasteiger partial charge >= 0.3 is 7.60 Å². The van der Waals surface area contributed by atoms with Crippen molar-refractivity contribution < 1.29 is 13.6 Å². The summed E-state index contributed by atoms with van der Waals surface area (Å²) < 4.78 is 21.8. The molecule has 0 aliphatic carbocycles. The number of allylic oxidation sites excluding steroid dienone is 2. The molecule has 0 aromatic carbocycles. The molecule has 0 N–H and O–H groups in total. The van der Waals surface area contributed by atoms with Crippen LogP contribution in [0, 0.1) is 0 Å². The van der Waals surface area contributed by atoms with Crippen LogP contribution in [0.3, 0.4) is 0 Å². The smallest absolute Gasteiger partial charge is 0.301 e. The molecule has 0 atom stereocenters. The predicted octanol–water partition coefficient (Wildman–Crippen LogP) is 3.51. The van der Waals surface area contributed by atoms with Gasteiger partial charge in [0.1, 0.15) is 0 Å². The van der Waals surface area contributed by atoms with Crippen LogP contribution >= 0.6 is 7.60 Å². The minimum absolute atomic E-state index is 0.273. The third-order valence-electron chi connectivity index (χ3n) is 1.40. The molecule has 0 heterocycles. The summed E-state index contributed by atoms with van der Waals surface area (Å²) in [5.74, 6) is 1.22. The fraction of sp³-hybridized carbons (Fsp3) is 0.400. The van der Waals surface area contributed by atoms with Crippen LogP contribution in [-0.2, 0) is 13.6 Å². The summed E-state index contributed by atoms with van der Waals surface area (Å²) in [6.45, 7) is 7.70. The summed E-state index contributed by atoms with van der Waals surface area (Å²) in [5, 5.41) is 0. The normalized spacial score (nSPS) is 12.7. The standard InChI is InChI=1S/C10H17O3P/c1-4-7-9-12-14(11,6-3)13-10-8-5-2/h4-8H,3,9-10H2,1-2H3/b7-4+,8-5+. The highest BCUT2D eigenvalue weighted by Crippen LogP contribution is 2.49. The highest BCUT2D eigenvalue weighted by Gasteiger charge is 2.17. The zero-order valence-corrected chi connectivity index (χ0v) is 9.57. The second-order valence-electron chi connectivity index (χ2n) is 2.45. The fourth-order valence-electron chi connectivity index (χ4n) is 0.629. The average Bonchev–Trinajstić information content (AvgIpc) is 2.19. The van der Waals surface area contributed by atoms with E-state index < -0.39 is 7.60 Å². The van der Waals surface area contributed by atoms with E-state index in [0.29, 0.717) is 0 Å². The van der Waals surface area contributed by atoms with Gasteiger partial charge in [-0.15, -0.1) is 0 Å². The number of hydrogen-bond acceptors (Lipinski definition) is 3. The zero-order valence-electron chi connectivity index (χ0n) is 8.68. The largest absolute Gasteiger partial charge is 0.354 e. The maximum absolute atomic E-state index is 11.7. The van der Waals surface area contributed by atoms with Gasteiger partial charge in [-0.2, -0.15) is 0 Å². The Balaban J connectivity index is 4.04. The lowest BCUT2D eigenvalue weighted by atomic mass is 10.6. The molecule has 80 valence electrons. The second-order valence-corrected chi connectivity index (χ2v) is 4.41. The molecule has 0 aliphatic heterocycles. The van der Waals surface area contributed by atoms with Crippen molar-refractivity contribution >= 4 is 7.60 Å². The molecule has 14 heavy (non-hydrogen) atoms. The van der Waals surface area contributed by atoms with Crippen LogP contribution in [0.2, 0.25) is 0 Å². The van der Waals surface area contributed by atoms with E-state index in [4.69, 9.17) is 9.05 Å². The van der Waals surface area contributed by atoms with Crippen LogP contribution in [0.15, 0.2) is 36.7 Å². The van der Waals surface area contributed by atoms with Crippen molar-refractivity contribution in [3.05, 3.63) is 36.7 Å². The molecule has 0 aromatic heterocycles. The summed E-state index contributed by atoms with van der Waals surface area (Å²) in [6.07, 6.45) is 7.16. The van der Waals surface area contributed by atoms with E-state index in [9.17, 15) is 4.57 Å². The van der Waals surface area contributed by atoms with Gasteiger partial charge in [-0.05, 0) is 13.8 Å². The van der Waals surface area contributed by atoms with Gasteiger partial charge in [0, 0.05) is 5.82 Å². The van der Waals surface area contributed by atoms with Crippen molar-refractivity contribution in [1.29, 1.82) is 0 Å². The summed E-state index contributed by atoms with van der Waals surface area (Å²) in [6, 6.07) is 0. The molecule has 0 rings (SSSR count). The minimum atomic E-state index is -3.10. The van der Waals surface area contributed by atoms with Gasteiger partial charge in [0.05, 0.1) is 13.2 Å². The molecule has 0 fully saturated rings. The summed E-state index contributed by atoms with van der Waals surface area (Å²) in [4.78, 5) is 0. The average molecular weight is 216 g/mol. The maximum Gasteiger partial charge on any atom is 0.354 e. The van der Waals surface area contributed by atoms with Crippen molar-refractivity contribution in [3.8, 4) is 0 Å². The molecular formula is C10H17O3P. The highest BCUT2D eigenvalue weighted by molar-refractivity contribution is 7.57. The first kappa shape index (κ1) is 13.4. The Morgan fingerprint density at radius 3 is 1.86 bits per heavy atom. The van der Waals surface area contributed by atoms with Gasteiger partial charge in [0.15, 0.2) is 0 Å². The molecule has 0 spiro atoms. The van der Waals surface area contributed by atoms with Gasteiger partial charge in [-0.25, -0.2) is 0 Å². The van der Waals surface area contributed by atoms with Gasteiger partial charge in [-0.1, -0.05) is 30.9 Å². The van der Waals surface area contributed by atoms with Crippen LogP contribution in [0.4, 0.5) is 0 Å². The molecule has 4 heteroatoms. The maximum atomic E-state index is 11.7. The highest BCUT2D eigenvalue weighted by atomic mass is 31.2. The Labute approximate surface area is 85.6 Å². The molecule has 0 saturated carbocycles. The van der Waals surface area contributed by atoms with Gasteiger partial charge < -0.3 is 9.05 Å². The first-order valence-corrected chi connectivity index (χ1v) is 6.04. The molecule has 3 nitrogen and oxygen atoms in total. The summed E-state index contributed by atoms with van der Waals surface area (Å²) >= 11 is 0. The lowest BCUT2D eigenvalue weighted by molar-refractivity contribution is 0.246. The quantitative estimate of drug-likeness (QED) is 0.482. The van der Waals surface area contributed by atoms with E-state index in [1.165, 1.54) is 5.82 Å². The lowest BCUT2D eigenvalue weighted by Gasteiger charge is -2.12. The summed E-state index contributed by atoms with van der Waals surface area (Å²) in [7, 11) is -3.10. The lowest BCUT2D eigenvalue weighted by Crippen LogP contribution is -1.93. The monoisotopic (exact) mass is 216 g/mol. The SMILES string of the molecule is C=CP(=O)(OC/C=C/C)OC/C=C/C. The van der Waals surface area contributed by atoms with Crippen molar-refractivity contribution in [1.82, 2.24) is 0 Å². The minimum Gasteiger partial charge on any atom is -0.301 e. The molecule has 0 radical (unpaired) electrons. The van der Waals surface area contributed by atoms with Crippen LogP contribution in [0.5, 0.6) is 0 Å². The van der Waals surface area contributed by atoms with Crippen molar-refractivity contribution in [2.24, 2.45) is 0 Å². The van der Waals surface area contributed by atoms with E-state index in [2.05, 4.69) is 6.58 Å². The van der Waals surface area contributed by atoms with E-state index in [-0.39, 0.29) is 13.2 Å². The Kier molecular flexibility index (Phi) is 7.40. The number of rotatable bonds is 7. The van der Waals surface area contributed by atoms with Crippen LogP contribution in [0.25, 0.3) is 0 Å². The van der Waals surface area contributed by atoms with Gasteiger partial charge in [0.25, 0.3) is 0 Å². The second kappa shape index (κ2) is 7.74. The Bertz CT molecular complexity index is 236. The predicted molar refractivity (Wildman–Crippen MR) is 59.3 cm³/mol. The van der Waals surface area contributed by atoms with E-state index in [1.807, 2.05) is 26.0 Å². The number of hydrogen-bond donors (Lipinski definition) is 0. The molecule has 0 amide bonds. The van der Waals surface area contributed by atoms with Crippen molar-refractivity contribution in [3.63, 3.8) is 0 Å². The van der Waals surface area contributed by atoms with Crippen molar-refractivity contribution in [2.45, 2.75) is 13.8 Å². The van der Waals surface area contributed by atoms with E-state index >= 15 is 0 Å². The van der Waals surface area contributed by atoms with Crippen molar-refractivity contribution in [2.75, 3.05) is 13.2 Å². The zero-order chi connectivity index (χ0) is 10.9. The fourth-order valence-corrected chi connectivity index (χ4v) is 1.50. The Hall–Kier alpha value is -0.630. The van der Waals surface area contributed by atoms with Gasteiger partial charge in [0.2, 0.25) is 0 Å². The third kappa shape index (κ3) is 5.92. The molecule has 0 aliphatic rings. The first-order chi connectivity index (χ1) is 6.68. The third-order valence-corrected chi connectivity index (χ3v) is 2.86.